The van der Waals surface area contributed by atoms with Crippen LogP contribution in [0.25, 0.3) is 0 Å². The lowest BCUT2D eigenvalue weighted by Gasteiger charge is -2.39. The Bertz CT molecular complexity index is 2180. The highest BCUT2D eigenvalue weighted by atomic mass is 16.5. The molecule has 0 radical (unpaired) electrons. The van der Waals surface area contributed by atoms with Crippen LogP contribution in [0.4, 0.5) is 0 Å². The number of phenolic OH excluding ortho intramolecular Hbond substituents is 1. The molecule has 8 rings (SSSR count). The van der Waals surface area contributed by atoms with Crippen molar-refractivity contribution in [2.75, 3.05) is 13.1 Å². The largest absolute Gasteiger partial charge is 0.508 e. The van der Waals surface area contributed by atoms with Gasteiger partial charge in [-0.15, -0.1) is 0 Å². The number of nitrogens with zero attached hydrogens (tertiary/aromatic N) is 2. The van der Waals surface area contributed by atoms with Crippen molar-refractivity contribution in [3.63, 3.8) is 0 Å². The summed E-state index contributed by atoms with van der Waals surface area (Å²) in [6.07, 6.45) is 13.4. The van der Waals surface area contributed by atoms with Gasteiger partial charge in [0.25, 0.3) is 0 Å². The minimum absolute atomic E-state index is 0.0408. The van der Waals surface area contributed by atoms with E-state index in [1.54, 1.807) is 6.07 Å². The van der Waals surface area contributed by atoms with Crippen molar-refractivity contribution in [3.8, 4) is 41.1 Å². The van der Waals surface area contributed by atoms with E-state index in [-0.39, 0.29) is 42.7 Å². The third kappa shape index (κ3) is 8.48. The van der Waals surface area contributed by atoms with Gasteiger partial charge < -0.3 is 40.5 Å². The Balaban J connectivity index is 1.14. The van der Waals surface area contributed by atoms with Gasteiger partial charge in [0.2, 0.25) is 0 Å². The molecule has 2 aromatic carbocycles. The number of nitrogens with one attached hydrogen (secondary N) is 1. The van der Waals surface area contributed by atoms with Crippen molar-refractivity contribution < 1.29 is 34.7 Å². The van der Waals surface area contributed by atoms with Gasteiger partial charge in [0.05, 0.1) is 35.4 Å². The van der Waals surface area contributed by atoms with Gasteiger partial charge in [-0.3, -0.25) is 15.1 Å². The smallest absolute Gasteiger partial charge is 0.187 e. The summed E-state index contributed by atoms with van der Waals surface area (Å²) in [5, 5.41) is 48.3. The quantitative estimate of drug-likeness (QED) is 0.102. The van der Waals surface area contributed by atoms with Crippen molar-refractivity contribution in [3.05, 3.63) is 75.1 Å². The predicted octanol–water partition coefficient (Wildman–Crippen LogP) is 6.17. The Morgan fingerprint density at radius 1 is 1.07 bits per heavy atom. The number of ketones is 1. The van der Waals surface area contributed by atoms with E-state index in [0.29, 0.717) is 37.1 Å². The molecule has 7 unspecified atom stereocenters. The van der Waals surface area contributed by atoms with Gasteiger partial charge in [0.15, 0.2) is 17.7 Å². The van der Waals surface area contributed by atoms with Crippen LogP contribution in [-0.4, -0.2) is 68.8 Å². The molecule has 0 aromatic heterocycles. The number of rotatable bonds is 13. The maximum absolute atomic E-state index is 13.8. The fourth-order valence-corrected chi connectivity index (χ4v) is 10.3. The first kappa shape index (κ1) is 42.1. The maximum Gasteiger partial charge on any atom is 0.187 e. The van der Waals surface area contributed by atoms with Crippen LogP contribution in [0.15, 0.2) is 52.3 Å². The standard InChI is InChI=1S/C49H60N4O7/c1-3-5-6-10-36(44(58)25-32(54)9-4-2)42(56)15-11-30-24-46-45(26-43(30)57)59-22-20-49(18-7-8-19-49)39-14-16-41(55)34-12-13-35-33(17-21-51-47(35)50)37(34)23-31-27-52-40-29-53(28-38(31)40)48(39)60-46/h12-13,24,26-27,29,32,36,39,41,44,47-48,51,54-55,57-58H,3-11,15,17-19,21,23,25,28,50H2,1-2H3. The molecule has 1 spiro atoms. The minimum atomic E-state index is -1.07. The maximum atomic E-state index is 13.8. The van der Waals surface area contributed by atoms with Crippen LogP contribution >= 0.6 is 0 Å². The first-order chi connectivity index (χ1) is 29.1. The molecule has 60 heavy (non-hydrogen) atoms. The van der Waals surface area contributed by atoms with Gasteiger partial charge in [-0.1, -0.05) is 82.3 Å². The number of aliphatic hydroxyl groups is 3. The van der Waals surface area contributed by atoms with E-state index in [4.69, 9.17) is 20.2 Å². The summed E-state index contributed by atoms with van der Waals surface area (Å²) < 4.78 is 13.2. The number of benzene rings is 2. The fourth-order valence-electron chi connectivity index (χ4n) is 10.3. The van der Waals surface area contributed by atoms with Crippen LogP contribution in [0.2, 0.25) is 0 Å². The summed E-state index contributed by atoms with van der Waals surface area (Å²) in [4.78, 5) is 20.9. The lowest BCUT2D eigenvalue weighted by atomic mass is 9.73. The highest BCUT2D eigenvalue weighted by Gasteiger charge is 2.48. The van der Waals surface area contributed by atoms with Crippen LogP contribution < -0.4 is 20.5 Å². The number of aliphatic imine (C=N–C) groups is 1. The second kappa shape index (κ2) is 18.2. The second-order valence-corrected chi connectivity index (χ2v) is 17.6. The fraction of sp³-hybridized carbons (Fsp3) is 0.551. The number of carbonyl (C=O) groups is 1. The molecule has 0 saturated heterocycles. The Kier molecular flexibility index (Phi) is 12.7. The summed E-state index contributed by atoms with van der Waals surface area (Å²) in [5.74, 6) is 9.74. The molecular weight excluding hydrogens is 757 g/mol. The molecule has 11 nitrogen and oxygen atoms in total. The molecule has 318 valence electrons. The van der Waals surface area contributed by atoms with E-state index in [1.165, 1.54) is 6.07 Å². The molecule has 1 aliphatic carbocycles. The van der Waals surface area contributed by atoms with Crippen molar-refractivity contribution in [1.82, 2.24) is 10.2 Å². The zero-order valence-corrected chi connectivity index (χ0v) is 35.0. The van der Waals surface area contributed by atoms with Crippen molar-refractivity contribution in [2.45, 2.75) is 141 Å². The first-order valence-corrected chi connectivity index (χ1v) is 22.3. The van der Waals surface area contributed by atoms with Gasteiger partial charge in [0.1, 0.15) is 23.7 Å². The Morgan fingerprint density at radius 3 is 2.68 bits per heavy atom. The van der Waals surface area contributed by atoms with Crippen LogP contribution in [0.3, 0.4) is 0 Å². The number of hydrogen-bond donors (Lipinski definition) is 6. The molecule has 0 amide bonds. The van der Waals surface area contributed by atoms with Gasteiger partial charge in [-0.05, 0) is 84.4 Å². The van der Waals surface area contributed by atoms with E-state index in [0.717, 1.165) is 103 Å². The van der Waals surface area contributed by atoms with E-state index < -0.39 is 41.8 Å². The zero-order valence-electron chi connectivity index (χ0n) is 35.0. The van der Waals surface area contributed by atoms with E-state index in [2.05, 4.69) is 41.0 Å². The van der Waals surface area contributed by atoms with Gasteiger partial charge >= 0.3 is 0 Å². The average molecular weight is 817 g/mol. The third-order valence-electron chi connectivity index (χ3n) is 13.6. The first-order valence-electron chi connectivity index (χ1n) is 22.3. The number of fused-ring (bicyclic) bond motifs is 8. The van der Waals surface area contributed by atoms with Gasteiger partial charge in [-0.25, -0.2) is 0 Å². The average Bonchev–Trinajstić information content (AvgIpc) is 3.97. The molecule has 7 N–H and O–H groups in total. The molecule has 5 aliphatic heterocycles. The third-order valence-corrected chi connectivity index (χ3v) is 13.6. The molecule has 5 heterocycles. The summed E-state index contributed by atoms with van der Waals surface area (Å²) >= 11 is 0. The number of allylic oxidation sites excluding steroid dienone is 1. The Hall–Kier alpha value is -4.62. The van der Waals surface area contributed by atoms with Crippen molar-refractivity contribution >= 4 is 12.0 Å². The summed E-state index contributed by atoms with van der Waals surface area (Å²) in [6.45, 7) is 5.37. The van der Waals surface area contributed by atoms with E-state index in [1.807, 2.05) is 31.5 Å². The minimum Gasteiger partial charge on any atom is -0.508 e. The number of carbonyl (C=O) groups excluding carboxylic acids is 1. The SMILES string of the molecule is CCCCCC(C(=O)CCc1cc2c(cc1O)OC#CC1(CCCC1)C1C#CC(O)c3ccc4c(c3CC3=C5CN(C=C5N=C3)C1O2)CCNC4N)C(O)CC(O)CCC. The number of aliphatic hydroxyl groups excluding tert-OH is 3. The molecule has 11 heteroatoms. The number of phenols is 1. The Morgan fingerprint density at radius 2 is 1.88 bits per heavy atom. The van der Waals surface area contributed by atoms with Crippen LogP contribution in [-0.2, 0) is 24.1 Å². The number of nitrogens with two attached hydrogens (primary N) is 1. The highest BCUT2D eigenvalue weighted by Crippen LogP contribution is 2.50. The molecule has 1 saturated carbocycles. The van der Waals surface area contributed by atoms with Gasteiger partial charge in [0, 0.05) is 55.9 Å². The molecule has 2 bridgehead atoms. The predicted molar refractivity (Wildman–Crippen MR) is 230 cm³/mol. The molecule has 2 aromatic rings. The molecular formula is C49H60N4O7. The lowest BCUT2D eigenvalue weighted by Crippen LogP contribution is -2.47. The summed E-state index contributed by atoms with van der Waals surface area (Å²) in [5.41, 5.74) is 13.5. The number of unbranched alkanes of at least 4 members (excludes halogenated alkanes) is 2. The van der Waals surface area contributed by atoms with Crippen molar-refractivity contribution in [1.29, 1.82) is 0 Å². The normalized spacial score (nSPS) is 24.8. The van der Waals surface area contributed by atoms with E-state index >= 15 is 0 Å². The Labute approximate surface area is 354 Å². The molecule has 1 fully saturated rings. The lowest BCUT2D eigenvalue weighted by molar-refractivity contribution is -0.127. The number of aromatic hydroxyl groups is 1. The second-order valence-electron chi connectivity index (χ2n) is 17.6. The van der Waals surface area contributed by atoms with Crippen LogP contribution in [0, 0.1) is 41.1 Å². The number of hydrogen-bond acceptors (Lipinski definition) is 11. The van der Waals surface area contributed by atoms with Crippen LogP contribution in [0.1, 0.15) is 131 Å². The highest BCUT2D eigenvalue weighted by molar-refractivity contribution is 5.88. The molecule has 7 atom stereocenters. The molecule has 6 aliphatic rings. The van der Waals surface area contributed by atoms with Crippen LogP contribution in [0.5, 0.6) is 17.2 Å². The number of Topliss-reactive ketones (excluding diaryl/α,β-unsaturated/α-hetero) is 1. The topological polar surface area (TPSA) is 170 Å². The number of ether oxygens (including phenoxy) is 2. The monoisotopic (exact) mass is 816 g/mol. The van der Waals surface area contributed by atoms with Gasteiger partial charge in [-0.2, -0.15) is 0 Å². The summed E-state index contributed by atoms with van der Waals surface area (Å²) in [7, 11) is 0. The summed E-state index contributed by atoms with van der Waals surface area (Å²) in [6, 6.07) is 7.23. The number of aryl methyl sites for hydroxylation is 1. The zero-order chi connectivity index (χ0) is 42.0. The van der Waals surface area contributed by atoms with E-state index in [9.17, 15) is 25.2 Å². The van der Waals surface area contributed by atoms with Crippen molar-refractivity contribution in [2.24, 2.45) is 28.0 Å².